The number of aliphatic imine (C=N–C) groups is 1. The van der Waals surface area contributed by atoms with Crippen LogP contribution in [0.4, 0.5) is 20.1 Å². The van der Waals surface area contributed by atoms with Crippen molar-refractivity contribution in [2.45, 2.75) is 115 Å². The average molecular weight is 1350 g/mol. The predicted molar refractivity (Wildman–Crippen MR) is 381 cm³/mol. The number of nitrogens with one attached hydrogen (secondary N) is 10. The quantitative estimate of drug-likeness (QED) is 0.0104. The molecule has 0 aromatic heterocycles. The molecule has 23 nitrogen and oxygen atoms in total. The molecule has 0 aliphatic heterocycles. The van der Waals surface area contributed by atoms with Gasteiger partial charge in [-0.25, -0.2) is 14.4 Å². The van der Waals surface area contributed by atoms with E-state index < -0.39 is 71.5 Å². The molecule has 99 heavy (non-hydrogen) atoms. The topological polar surface area (TPSA) is 334 Å². The Hall–Kier alpha value is -11.2. The first-order valence-corrected chi connectivity index (χ1v) is 33.5. The molecule has 23 heteroatoms. The van der Waals surface area contributed by atoms with E-state index in [1.54, 1.807) is 39.8 Å². The normalized spacial score (nSPS) is 12.9. The van der Waals surface area contributed by atoms with E-state index in [0.717, 1.165) is 50.2 Å². The minimum absolute atomic E-state index is 0.0318. The van der Waals surface area contributed by atoms with Gasteiger partial charge in [0.1, 0.15) is 36.1 Å². The summed E-state index contributed by atoms with van der Waals surface area (Å²) < 4.78 is 11.4. The second-order valence-corrected chi connectivity index (χ2v) is 24.9. The van der Waals surface area contributed by atoms with Crippen LogP contribution >= 0.6 is 0 Å². The van der Waals surface area contributed by atoms with Gasteiger partial charge in [0.2, 0.25) is 29.5 Å². The van der Waals surface area contributed by atoms with E-state index in [-0.39, 0.29) is 95.1 Å². The maximum absolute atomic E-state index is 14.6. The molecule has 0 saturated carbocycles. The van der Waals surface area contributed by atoms with E-state index >= 15 is 0 Å². The summed E-state index contributed by atoms with van der Waals surface area (Å²) in [6.45, 7) is 8.43. The summed E-state index contributed by atoms with van der Waals surface area (Å²) >= 11 is 0. The van der Waals surface area contributed by atoms with Gasteiger partial charge in [0.15, 0.2) is 5.96 Å². The number of ether oxygens (including phenoxy) is 2. The lowest BCUT2D eigenvalue weighted by Gasteiger charge is -2.24. The molecule has 1 aliphatic rings. The number of carbonyl (C=O) groups excluding carboxylic acids is 8. The van der Waals surface area contributed by atoms with E-state index in [4.69, 9.17) is 15.2 Å². The van der Waals surface area contributed by atoms with Gasteiger partial charge in [0, 0.05) is 70.3 Å². The van der Waals surface area contributed by atoms with Gasteiger partial charge >= 0.3 is 18.2 Å². The Balaban J connectivity index is 0.875. The monoisotopic (exact) mass is 1350 g/mol. The summed E-state index contributed by atoms with van der Waals surface area (Å²) in [6, 6.07) is 52.8. The van der Waals surface area contributed by atoms with Crippen molar-refractivity contribution in [3.05, 3.63) is 215 Å². The van der Waals surface area contributed by atoms with Crippen LogP contribution < -0.4 is 58.9 Å². The van der Waals surface area contributed by atoms with E-state index in [9.17, 15) is 43.5 Å². The number of hydrogen-bond donors (Lipinski definition) is 12. The molecule has 13 N–H and O–H groups in total. The van der Waals surface area contributed by atoms with Crippen molar-refractivity contribution in [2.75, 3.05) is 51.2 Å². The van der Waals surface area contributed by atoms with Gasteiger partial charge in [-0.15, -0.1) is 0 Å². The summed E-state index contributed by atoms with van der Waals surface area (Å²) in [4.78, 5) is 111. The number of aromatic hydroxyl groups is 1. The Morgan fingerprint density at radius 2 is 1.03 bits per heavy atom. The van der Waals surface area contributed by atoms with Gasteiger partial charge in [-0.3, -0.25) is 24.0 Å². The molecule has 7 aromatic carbocycles. The molecule has 0 saturated heterocycles. The molecule has 1 unspecified atom stereocenters. The van der Waals surface area contributed by atoms with Crippen molar-refractivity contribution in [1.82, 2.24) is 47.9 Å². The van der Waals surface area contributed by atoms with Crippen LogP contribution in [-0.4, -0.2) is 128 Å². The Bertz CT molecular complexity index is 3810. The maximum atomic E-state index is 14.6. The number of urea groups is 1. The number of phenols is 1. The minimum atomic E-state index is -1.05. The number of carbonyl (C=O) groups is 8. The molecule has 1 aliphatic carbocycles. The number of guanidine groups is 1. The number of benzene rings is 7. The summed E-state index contributed by atoms with van der Waals surface area (Å²) in [5.41, 5.74) is 15.0. The number of anilines is 1. The molecule has 0 radical (unpaired) electrons. The van der Waals surface area contributed by atoms with Crippen molar-refractivity contribution in [3.63, 3.8) is 0 Å². The zero-order valence-corrected chi connectivity index (χ0v) is 56.4. The van der Waals surface area contributed by atoms with Crippen molar-refractivity contribution in [1.29, 1.82) is 0 Å². The standard InChI is InChI=1S/C76H90N12O11/c1-5-66(90)79-45-46-83-73(95)88-72(77)82-42-17-27-63(69(92)84-48-51-31-39-57(89)40-32-51)85-71(94)67(54-21-10-7-11-22-54)55-35-37-56(38-36-55)78-43-18-44-81-68(91)64(86-74(96)98-49-62-60-25-14-12-23-58(60)59-24-13-15-26-61(59)62)28-16-41-80-70(93)65(87-75(97)99-76(2,3)4)47-50-29-33-53(34-30-50)52-19-8-6-9-20-52/h6-15,19-26,29-40,62-65,67,78,89H,5,16-18,27-28,41-49H2,1-4H3,(H,79,90)(H,80,93)(H,81,91)(H,84,92)(H,85,94)(H,86,96)(H,87,97)(H4,77,82,83,88,95)/t63-,64-,65-,67?/m1/s1. The molecule has 9 amide bonds. The third-order valence-electron chi connectivity index (χ3n) is 16.3. The van der Waals surface area contributed by atoms with Crippen molar-refractivity contribution < 1.29 is 52.9 Å². The molecular weight excluding hydrogens is 1260 g/mol. The number of fused-ring (bicyclic) bond motifs is 3. The first-order chi connectivity index (χ1) is 47.8. The molecule has 520 valence electrons. The molecule has 0 spiro atoms. The fraction of sp³-hybridized carbons (Fsp3) is 0.329. The first-order valence-electron chi connectivity index (χ1n) is 33.5. The number of phenolic OH excluding ortho intramolecular Hbond substituents is 1. The number of rotatable bonds is 33. The van der Waals surface area contributed by atoms with E-state index in [0.29, 0.717) is 36.9 Å². The lowest BCUT2D eigenvalue weighted by Crippen LogP contribution is -2.50. The predicted octanol–water partition coefficient (Wildman–Crippen LogP) is 8.77. The number of nitrogens with zero attached hydrogens (tertiary/aromatic N) is 1. The second-order valence-electron chi connectivity index (χ2n) is 24.9. The smallest absolute Gasteiger partial charge is 0.408 e. The van der Waals surface area contributed by atoms with E-state index in [2.05, 4.69) is 58.2 Å². The Labute approximate surface area is 577 Å². The van der Waals surface area contributed by atoms with Crippen LogP contribution in [0.5, 0.6) is 5.75 Å². The maximum Gasteiger partial charge on any atom is 0.408 e. The van der Waals surface area contributed by atoms with Gasteiger partial charge in [-0.05, 0) is 133 Å². The van der Waals surface area contributed by atoms with Crippen LogP contribution in [0.25, 0.3) is 22.3 Å². The summed E-state index contributed by atoms with van der Waals surface area (Å²) in [5, 5.41) is 38.6. The highest BCUT2D eigenvalue weighted by Gasteiger charge is 2.32. The Kier molecular flexibility index (Phi) is 27.7. The SMILES string of the molecule is CCC(=O)NCCNC(=O)N=C(N)NCCC[C@@H](NC(=O)C(c1ccccc1)c1ccc(NCCCNC(=O)[C@@H](CCCNC(=O)[C@@H](Cc2ccc(-c3ccccc3)cc2)NC(=O)OC(C)(C)C)NC(=O)OCC2c3ccccc3-c3ccccc32)cc1)C(=O)NCc1ccc(O)cc1. The zero-order chi connectivity index (χ0) is 70.5. The number of amides is 9. The third kappa shape index (κ3) is 23.5. The highest BCUT2D eigenvalue weighted by Crippen LogP contribution is 2.44. The second kappa shape index (κ2) is 37.3. The number of hydrogen-bond acceptors (Lipinski definition) is 12. The van der Waals surface area contributed by atoms with Gasteiger partial charge in [0.25, 0.3) is 0 Å². The van der Waals surface area contributed by atoms with Gasteiger partial charge < -0.3 is 73.5 Å². The van der Waals surface area contributed by atoms with Crippen LogP contribution in [-0.2, 0) is 46.4 Å². The molecule has 0 fully saturated rings. The van der Waals surface area contributed by atoms with Crippen LogP contribution in [0.1, 0.15) is 111 Å². The lowest BCUT2D eigenvalue weighted by molar-refractivity contribution is -0.129. The average Bonchev–Trinajstić information content (AvgIpc) is 1.62. The number of alkyl carbamates (subject to hydrolysis) is 2. The highest BCUT2D eigenvalue weighted by molar-refractivity contribution is 5.93. The largest absolute Gasteiger partial charge is 0.508 e. The van der Waals surface area contributed by atoms with E-state index in [1.165, 1.54) is 12.1 Å². The summed E-state index contributed by atoms with van der Waals surface area (Å²) in [7, 11) is 0. The summed E-state index contributed by atoms with van der Waals surface area (Å²) in [5.74, 6) is -3.07. The minimum Gasteiger partial charge on any atom is -0.508 e. The molecule has 7 aromatic rings. The molecule has 0 heterocycles. The van der Waals surface area contributed by atoms with Crippen molar-refractivity contribution in [3.8, 4) is 28.0 Å². The van der Waals surface area contributed by atoms with Gasteiger partial charge in [-0.1, -0.05) is 165 Å². The highest BCUT2D eigenvalue weighted by atomic mass is 16.6. The first kappa shape index (κ1) is 73.6. The number of nitrogens with two attached hydrogens (primary N) is 1. The Morgan fingerprint density at radius 3 is 1.67 bits per heavy atom. The van der Waals surface area contributed by atoms with Crippen molar-refractivity contribution in [2.24, 2.45) is 10.7 Å². The molecule has 0 bridgehead atoms. The van der Waals surface area contributed by atoms with E-state index in [1.807, 2.05) is 158 Å². The summed E-state index contributed by atoms with van der Waals surface area (Å²) in [6.07, 6.45) is 0.316. The van der Waals surface area contributed by atoms with Crippen molar-refractivity contribution >= 4 is 59.4 Å². The fourth-order valence-corrected chi connectivity index (χ4v) is 11.3. The van der Waals surface area contributed by atoms with Crippen LogP contribution in [0, 0.1) is 0 Å². The van der Waals surface area contributed by atoms with Crippen LogP contribution in [0.2, 0.25) is 0 Å². The Morgan fingerprint density at radius 1 is 0.505 bits per heavy atom. The third-order valence-corrected chi connectivity index (χ3v) is 16.3. The molecule has 8 rings (SSSR count). The molecule has 4 atom stereocenters. The van der Waals surface area contributed by atoms with Gasteiger partial charge in [0.05, 0.1) is 5.92 Å². The molecular formula is C76H90N12O11. The fourth-order valence-electron chi connectivity index (χ4n) is 11.3. The van der Waals surface area contributed by atoms with Crippen LogP contribution in [0.3, 0.4) is 0 Å². The van der Waals surface area contributed by atoms with Crippen LogP contribution in [0.15, 0.2) is 187 Å². The lowest BCUT2D eigenvalue weighted by atomic mass is 9.90. The zero-order valence-electron chi connectivity index (χ0n) is 56.4. The van der Waals surface area contributed by atoms with Gasteiger partial charge in [-0.2, -0.15) is 4.99 Å².